The highest BCUT2D eigenvalue weighted by Gasteiger charge is 2.20. The van der Waals surface area contributed by atoms with Crippen LogP contribution in [0.3, 0.4) is 0 Å². The summed E-state index contributed by atoms with van der Waals surface area (Å²) in [6.45, 7) is 0. The van der Waals surface area contributed by atoms with Crippen LogP contribution in [0.4, 0.5) is 0 Å². The number of fused-ring (bicyclic) bond motifs is 1. The third-order valence-electron chi connectivity index (χ3n) is 4.08. The fourth-order valence-electron chi connectivity index (χ4n) is 2.71. The lowest BCUT2D eigenvalue weighted by atomic mass is 10.1. The van der Waals surface area contributed by atoms with Gasteiger partial charge < -0.3 is 14.0 Å². The Morgan fingerprint density at radius 3 is 2.58 bits per heavy atom. The third-order valence-corrected chi connectivity index (χ3v) is 5.67. The number of rotatable bonds is 6. The first kappa shape index (κ1) is 18.6. The molecule has 0 unspecified atom stereocenters. The molecule has 0 saturated carbocycles. The van der Waals surface area contributed by atoms with Crippen molar-refractivity contribution in [1.82, 2.24) is 3.97 Å². The lowest BCUT2D eigenvalue weighted by Gasteiger charge is -2.11. The van der Waals surface area contributed by atoms with Gasteiger partial charge in [-0.05, 0) is 54.4 Å². The van der Waals surface area contributed by atoms with Crippen molar-refractivity contribution in [1.29, 1.82) is 0 Å². The number of nitrogens with zero attached hydrogens (tertiary/aromatic N) is 1. The fraction of sp³-hybridized carbons (Fsp3) is 0.211. The highest BCUT2D eigenvalue weighted by atomic mass is 35.5. The maximum Gasteiger partial charge on any atom is 0.305 e. The van der Waals surface area contributed by atoms with Crippen LogP contribution in [-0.2, 0) is 27.3 Å². The Balaban J connectivity index is 2.04. The minimum atomic E-state index is -1.43. The van der Waals surface area contributed by atoms with Crippen LogP contribution in [0.25, 0.3) is 10.9 Å². The van der Waals surface area contributed by atoms with Crippen molar-refractivity contribution in [3.05, 3.63) is 59.2 Å². The van der Waals surface area contributed by atoms with Gasteiger partial charge in [0.2, 0.25) is 0 Å². The maximum atomic E-state index is 13.0. The van der Waals surface area contributed by atoms with Gasteiger partial charge in [-0.15, -0.1) is 0 Å². The van der Waals surface area contributed by atoms with E-state index in [2.05, 4.69) is 0 Å². The predicted octanol–water partition coefficient (Wildman–Crippen LogP) is 3.98. The van der Waals surface area contributed by atoms with E-state index in [1.807, 2.05) is 24.4 Å². The average Bonchev–Trinajstić information content (AvgIpc) is 3.03. The van der Waals surface area contributed by atoms with Crippen molar-refractivity contribution in [3.8, 4) is 5.75 Å². The Bertz CT molecular complexity index is 923. The molecule has 26 heavy (non-hydrogen) atoms. The Morgan fingerprint density at radius 2 is 1.92 bits per heavy atom. The van der Waals surface area contributed by atoms with Crippen molar-refractivity contribution < 1.29 is 18.8 Å². The molecule has 0 aliphatic carbocycles. The van der Waals surface area contributed by atoms with Gasteiger partial charge in [0.1, 0.15) is 17.1 Å². The van der Waals surface area contributed by atoms with E-state index >= 15 is 0 Å². The molecule has 1 heterocycles. The molecule has 136 valence electrons. The lowest BCUT2D eigenvalue weighted by Crippen LogP contribution is -2.11. The summed E-state index contributed by atoms with van der Waals surface area (Å²) in [5.74, 6) is 0.416. The van der Waals surface area contributed by atoms with Gasteiger partial charge in [-0.3, -0.25) is 4.79 Å². The standard InChI is InChI=1S/C19H18ClNO4S/c1-24-15-6-9-18-17(11-15)13(3-10-19(22)25-2)12-21(18)26(23)16-7-4-14(20)5-8-16/h4-9,11-12H,3,10H2,1-2H3/t26-/m1/s1. The number of benzene rings is 2. The van der Waals surface area contributed by atoms with Gasteiger partial charge in [0.05, 0.1) is 25.9 Å². The van der Waals surface area contributed by atoms with Gasteiger partial charge in [0.15, 0.2) is 4.90 Å². The Kier molecular flexibility index (Phi) is 5.76. The van der Waals surface area contributed by atoms with Crippen molar-refractivity contribution in [2.75, 3.05) is 14.2 Å². The number of carbonyl (C=O) groups excluding carboxylic acids is 1. The molecule has 3 aromatic rings. The summed E-state index contributed by atoms with van der Waals surface area (Å²) in [5, 5.41) is 1.49. The van der Waals surface area contributed by atoms with Gasteiger partial charge in [0.25, 0.3) is 0 Å². The number of halogens is 1. The lowest BCUT2D eigenvalue weighted by molar-refractivity contribution is -0.140. The maximum absolute atomic E-state index is 13.0. The van der Waals surface area contributed by atoms with Crippen molar-refractivity contribution in [2.24, 2.45) is 0 Å². The van der Waals surface area contributed by atoms with Gasteiger partial charge in [-0.2, -0.15) is 3.97 Å². The number of aryl methyl sites for hydroxylation is 1. The van der Waals surface area contributed by atoms with Crippen molar-refractivity contribution in [3.63, 3.8) is 0 Å². The monoisotopic (exact) mass is 391 g/mol. The summed E-state index contributed by atoms with van der Waals surface area (Å²) in [4.78, 5) is 12.2. The zero-order chi connectivity index (χ0) is 18.7. The van der Waals surface area contributed by atoms with Crippen molar-refractivity contribution >= 4 is 39.8 Å². The Labute approximate surface area is 159 Å². The SMILES string of the molecule is COC(=O)CCc1cn([S@+]([O-])c2ccc(Cl)cc2)c2ccc(OC)cc12. The molecule has 0 bridgehead atoms. The molecule has 5 nitrogen and oxygen atoms in total. The molecule has 0 spiro atoms. The zero-order valence-corrected chi connectivity index (χ0v) is 16.0. The molecule has 3 rings (SSSR count). The van der Waals surface area contributed by atoms with Crippen LogP contribution in [-0.4, -0.2) is 28.7 Å². The van der Waals surface area contributed by atoms with Crippen molar-refractivity contribution in [2.45, 2.75) is 17.7 Å². The highest BCUT2D eigenvalue weighted by Crippen LogP contribution is 2.30. The first-order valence-electron chi connectivity index (χ1n) is 7.96. The van der Waals surface area contributed by atoms with Gasteiger partial charge in [0, 0.05) is 16.8 Å². The zero-order valence-electron chi connectivity index (χ0n) is 14.4. The van der Waals surface area contributed by atoms with E-state index in [-0.39, 0.29) is 12.4 Å². The number of carbonyl (C=O) groups is 1. The quantitative estimate of drug-likeness (QED) is 0.471. The van der Waals surface area contributed by atoms with Crippen LogP contribution >= 0.6 is 11.6 Å². The average molecular weight is 392 g/mol. The van der Waals surface area contributed by atoms with E-state index in [0.29, 0.717) is 22.1 Å². The van der Waals surface area contributed by atoms with Gasteiger partial charge in [-0.25, -0.2) is 0 Å². The molecule has 0 aliphatic rings. The summed E-state index contributed by atoms with van der Waals surface area (Å²) in [5.41, 5.74) is 1.71. The highest BCUT2D eigenvalue weighted by molar-refractivity contribution is 7.90. The summed E-state index contributed by atoms with van der Waals surface area (Å²) >= 11 is 4.48. The second-order valence-corrected chi connectivity index (χ2v) is 7.44. The van der Waals surface area contributed by atoms with E-state index in [1.165, 1.54) is 7.11 Å². The van der Waals surface area contributed by atoms with Gasteiger partial charge >= 0.3 is 5.97 Å². The second kappa shape index (κ2) is 8.03. The molecule has 0 amide bonds. The fourth-order valence-corrected chi connectivity index (χ4v) is 3.99. The van der Waals surface area contributed by atoms with E-state index in [1.54, 1.807) is 35.3 Å². The van der Waals surface area contributed by atoms with Crippen LogP contribution in [0, 0.1) is 0 Å². The minimum Gasteiger partial charge on any atom is -0.587 e. The molecule has 0 aliphatic heterocycles. The second-order valence-electron chi connectivity index (χ2n) is 5.64. The van der Waals surface area contributed by atoms with E-state index in [9.17, 15) is 9.35 Å². The molecule has 1 aromatic heterocycles. The third kappa shape index (κ3) is 3.82. The molecular weight excluding hydrogens is 374 g/mol. The molecule has 7 heteroatoms. The molecule has 0 radical (unpaired) electrons. The summed E-state index contributed by atoms with van der Waals surface area (Å²) in [6, 6.07) is 12.5. The first-order chi connectivity index (χ1) is 12.5. The molecule has 0 fully saturated rings. The Hall–Kier alpha value is -2.15. The van der Waals surface area contributed by atoms with E-state index < -0.39 is 11.4 Å². The number of esters is 1. The topological polar surface area (TPSA) is 63.5 Å². The molecular formula is C19H18ClNO4S. The largest absolute Gasteiger partial charge is 0.587 e. The minimum absolute atomic E-state index is 0.250. The number of methoxy groups -OCH3 is 2. The smallest absolute Gasteiger partial charge is 0.305 e. The van der Waals surface area contributed by atoms with Crippen LogP contribution in [0.1, 0.15) is 12.0 Å². The summed E-state index contributed by atoms with van der Waals surface area (Å²) in [7, 11) is 2.96. The van der Waals surface area contributed by atoms with Crippen LogP contribution in [0.5, 0.6) is 5.75 Å². The Morgan fingerprint density at radius 1 is 1.19 bits per heavy atom. The molecule has 1 atom stereocenters. The van der Waals surface area contributed by atoms with E-state index in [0.717, 1.165) is 16.5 Å². The number of hydrogen-bond acceptors (Lipinski definition) is 4. The molecule has 0 saturated heterocycles. The van der Waals surface area contributed by atoms with E-state index in [4.69, 9.17) is 21.1 Å². The van der Waals surface area contributed by atoms with Crippen LogP contribution < -0.4 is 4.74 Å². The van der Waals surface area contributed by atoms with Gasteiger partial charge in [-0.1, -0.05) is 11.6 Å². The summed E-state index contributed by atoms with van der Waals surface area (Å²) < 4.78 is 24.8. The molecule has 2 aromatic carbocycles. The number of ether oxygens (including phenoxy) is 2. The normalized spacial score (nSPS) is 12.2. The number of hydrogen-bond donors (Lipinski definition) is 0. The number of aromatic nitrogens is 1. The van der Waals surface area contributed by atoms with Crippen LogP contribution in [0.15, 0.2) is 53.6 Å². The predicted molar refractivity (Wildman–Crippen MR) is 102 cm³/mol. The summed E-state index contributed by atoms with van der Waals surface area (Å²) in [6.07, 6.45) is 2.55. The van der Waals surface area contributed by atoms with Crippen LogP contribution in [0.2, 0.25) is 5.02 Å². The first-order valence-corrected chi connectivity index (χ1v) is 9.44. The molecule has 0 N–H and O–H groups in total.